The van der Waals surface area contributed by atoms with E-state index in [-0.39, 0.29) is 31.6 Å². The Balaban J connectivity index is 1.86. The van der Waals surface area contributed by atoms with E-state index >= 15 is 0 Å². The lowest BCUT2D eigenvalue weighted by Gasteiger charge is -2.37. The normalized spacial score (nSPS) is 27.9. The third-order valence-corrected chi connectivity index (χ3v) is 5.83. The minimum absolute atomic E-state index is 0.00558. The molecule has 1 aliphatic carbocycles. The van der Waals surface area contributed by atoms with Crippen LogP contribution in [0, 0.1) is 0 Å². The predicted octanol–water partition coefficient (Wildman–Crippen LogP) is 3.03. The molecule has 3 heterocycles. The number of nitrogens with two attached hydrogens (primary N) is 1. The zero-order valence-electron chi connectivity index (χ0n) is 15.1. The van der Waals surface area contributed by atoms with Gasteiger partial charge in [-0.1, -0.05) is 6.07 Å². The van der Waals surface area contributed by atoms with Gasteiger partial charge in [0.15, 0.2) is 0 Å². The van der Waals surface area contributed by atoms with Gasteiger partial charge in [-0.15, -0.1) is 0 Å². The minimum Gasteiger partial charge on any atom is -0.389 e. The molecular weight excluding hydrogens is 354 g/mol. The van der Waals surface area contributed by atoms with Crippen molar-refractivity contribution in [3.05, 3.63) is 41.2 Å². The van der Waals surface area contributed by atoms with Crippen LogP contribution in [0.4, 0.5) is 8.78 Å². The summed E-state index contributed by atoms with van der Waals surface area (Å²) < 4.78 is 35.4. The van der Waals surface area contributed by atoms with Gasteiger partial charge in [-0.25, -0.2) is 8.78 Å². The Morgan fingerprint density at radius 1 is 1.37 bits per heavy atom. The molecule has 2 aliphatic rings. The Hall–Kier alpha value is -1.99. The number of pyridine rings is 1. The largest absolute Gasteiger partial charge is 0.389 e. The molecule has 1 saturated carbocycles. The van der Waals surface area contributed by atoms with Crippen LogP contribution in [0.3, 0.4) is 0 Å². The molecule has 0 bridgehead atoms. The molecule has 0 aromatic carbocycles. The molecule has 146 valence electrons. The van der Waals surface area contributed by atoms with Gasteiger partial charge >= 0.3 is 0 Å². The van der Waals surface area contributed by atoms with Crippen molar-refractivity contribution < 1.29 is 23.4 Å². The molecule has 1 unspecified atom stereocenters. The summed E-state index contributed by atoms with van der Waals surface area (Å²) in [5, 5.41) is 11.0. The lowest BCUT2D eigenvalue weighted by Crippen LogP contribution is -2.43. The number of amides is 1. The van der Waals surface area contributed by atoms with Crippen LogP contribution in [-0.4, -0.2) is 40.2 Å². The second-order valence-electron chi connectivity index (χ2n) is 7.91. The summed E-state index contributed by atoms with van der Waals surface area (Å²) in [6.07, 6.45) is 2.36. The number of hydrogen-bond donors (Lipinski definition) is 2. The number of carbonyl (C=O) groups excluding carboxylic acids is 1. The van der Waals surface area contributed by atoms with Gasteiger partial charge in [0, 0.05) is 43.7 Å². The van der Waals surface area contributed by atoms with Gasteiger partial charge in [0.05, 0.1) is 23.3 Å². The van der Waals surface area contributed by atoms with E-state index in [2.05, 4.69) is 0 Å². The second-order valence-corrected chi connectivity index (χ2v) is 7.91. The van der Waals surface area contributed by atoms with Crippen LogP contribution in [0.25, 0.3) is 5.52 Å². The fraction of sp³-hybridized carbons (Fsp3) is 0.550. The first-order valence-electron chi connectivity index (χ1n) is 9.39. The summed E-state index contributed by atoms with van der Waals surface area (Å²) in [6, 6.07) is 5.46. The number of rotatable bonds is 4. The van der Waals surface area contributed by atoms with Gasteiger partial charge in [0.25, 0.3) is 11.8 Å². The smallest absolute Gasteiger partial charge is 0.251 e. The summed E-state index contributed by atoms with van der Waals surface area (Å²) in [5.41, 5.74) is 6.53. The van der Waals surface area contributed by atoms with Crippen LogP contribution < -0.4 is 5.73 Å². The molecule has 0 spiro atoms. The standard InChI is InChI=1S/C20H24F2N2O3/c21-20(22)7-3-6-19(26,12-20)10-14-16(18(23)25)15-4-1-2-8-24(15)17(14)13-5-9-27-11-13/h1-2,4,8,13,26H,3,5-7,9-12H2,(H2,23,25)/t13?,19-/m1/s1. The summed E-state index contributed by atoms with van der Waals surface area (Å²) >= 11 is 0. The zero-order chi connectivity index (χ0) is 19.2. The monoisotopic (exact) mass is 378 g/mol. The van der Waals surface area contributed by atoms with Gasteiger partial charge in [0.2, 0.25) is 0 Å². The molecular formula is C20H24F2N2O3. The SMILES string of the molecule is NC(=O)c1c(C[C@]2(O)CCCC(F)(F)C2)c(C2CCOC2)n2ccccc12. The summed E-state index contributed by atoms with van der Waals surface area (Å²) in [5.74, 6) is -3.46. The van der Waals surface area contributed by atoms with E-state index in [0.29, 0.717) is 29.9 Å². The van der Waals surface area contributed by atoms with Crippen molar-refractivity contribution in [2.24, 2.45) is 5.73 Å². The Morgan fingerprint density at radius 2 is 2.19 bits per heavy atom. The van der Waals surface area contributed by atoms with Crippen LogP contribution in [0.5, 0.6) is 0 Å². The number of carbonyl (C=O) groups is 1. The highest BCUT2D eigenvalue weighted by molar-refractivity contribution is 6.02. The second kappa shape index (κ2) is 6.56. The maximum absolute atomic E-state index is 14.0. The van der Waals surface area contributed by atoms with Crippen LogP contribution in [0.1, 0.15) is 59.6 Å². The van der Waals surface area contributed by atoms with Crippen molar-refractivity contribution in [1.82, 2.24) is 4.40 Å². The summed E-state index contributed by atoms with van der Waals surface area (Å²) in [4.78, 5) is 12.3. The van der Waals surface area contributed by atoms with Gasteiger partial charge in [-0.2, -0.15) is 0 Å². The van der Waals surface area contributed by atoms with E-state index in [4.69, 9.17) is 10.5 Å². The van der Waals surface area contributed by atoms with Crippen molar-refractivity contribution >= 4 is 11.4 Å². The predicted molar refractivity (Wildman–Crippen MR) is 96.2 cm³/mol. The Bertz CT molecular complexity index is 873. The Morgan fingerprint density at radius 3 is 2.85 bits per heavy atom. The highest BCUT2D eigenvalue weighted by Crippen LogP contribution is 2.43. The average molecular weight is 378 g/mol. The van der Waals surface area contributed by atoms with E-state index in [9.17, 15) is 18.7 Å². The highest BCUT2D eigenvalue weighted by Gasteiger charge is 2.46. The van der Waals surface area contributed by atoms with Crippen molar-refractivity contribution in [2.45, 2.75) is 56.0 Å². The molecule has 2 fully saturated rings. The maximum atomic E-state index is 14.0. The Kier molecular flexibility index (Phi) is 4.47. The molecule has 1 amide bonds. The molecule has 27 heavy (non-hydrogen) atoms. The van der Waals surface area contributed by atoms with E-state index < -0.39 is 23.9 Å². The average Bonchev–Trinajstić information content (AvgIpc) is 3.18. The van der Waals surface area contributed by atoms with E-state index in [1.54, 1.807) is 6.07 Å². The molecule has 1 saturated heterocycles. The van der Waals surface area contributed by atoms with Crippen LogP contribution in [0.2, 0.25) is 0 Å². The first-order valence-corrected chi connectivity index (χ1v) is 9.39. The number of aromatic nitrogens is 1. The molecule has 2 atom stereocenters. The fourth-order valence-electron chi connectivity index (χ4n) is 4.75. The lowest BCUT2D eigenvalue weighted by atomic mass is 9.77. The number of primary amides is 1. The molecule has 5 nitrogen and oxygen atoms in total. The Labute approximate surface area is 156 Å². The van der Waals surface area contributed by atoms with Gasteiger partial charge < -0.3 is 20.0 Å². The number of nitrogens with zero attached hydrogens (tertiary/aromatic N) is 1. The number of alkyl halides is 2. The third-order valence-electron chi connectivity index (χ3n) is 5.83. The van der Waals surface area contributed by atoms with Crippen LogP contribution in [-0.2, 0) is 11.2 Å². The third kappa shape index (κ3) is 3.34. The number of halogens is 2. The summed E-state index contributed by atoms with van der Waals surface area (Å²) in [6.45, 7) is 1.11. The molecule has 3 N–H and O–H groups in total. The number of hydrogen-bond acceptors (Lipinski definition) is 3. The number of aliphatic hydroxyl groups is 1. The lowest BCUT2D eigenvalue weighted by molar-refractivity contribution is -0.123. The van der Waals surface area contributed by atoms with Crippen molar-refractivity contribution in [1.29, 1.82) is 0 Å². The zero-order valence-corrected chi connectivity index (χ0v) is 15.1. The van der Waals surface area contributed by atoms with Crippen molar-refractivity contribution in [3.8, 4) is 0 Å². The molecule has 7 heteroatoms. The first kappa shape index (κ1) is 18.4. The molecule has 1 aliphatic heterocycles. The van der Waals surface area contributed by atoms with Gasteiger partial charge in [-0.05, 0) is 37.0 Å². The van der Waals surface area contributed by atoms with E-state index in [1.165, 1.54) is 0 Å². The minimum atomic E-state index is -2.89. The van der Waals surface area contributed by atoms with Gasteiger partial charge in [0.1, 0.15) is 0 Å². The molecule has 2 aromatic heterocycles. The quantitative estimate of drug-likeness (QED) is 0.859. The van der Waals surface area contributed by atoms with Crippen LogP contribution >= 0.6 is 0 Å². The van der Waals surface area contributed by atoms with Crippen LogP contribution in [0.15, 0.2) is 24.4 Å². The first-order chi connectivity index (χ1) is 12.8. The van der Waals surface area contributed by atoms with E-state index in [0.717, 1.165) is 12.1 Å². The van der Waals surface area contributed by atoms with Gasteiger partial charge in [-0.3, -0.25) is 4.79 Å². The van der Waals surface area contributed by atoms with E-state index in [1.807, 2.05) is 22.7 Å². The molecule has 2 aromatic rings. The number of fused-ring (bicyclic) bond motifs is 1. The molecule has 0 radical (unpaired) electrons. The van der Waals surface area contributed by atoms with Crippen molar-refractivity contribution in [3.63, 3.8) is 0 Å². The molecule has 4 rings (SSSR count). The maximum Gasteiger partial charge on any atom is 0.251 e. The number of ether oxygens (including phenoxy) is 1. The fourth-order valence-corrected chi connectivity index (χ4v) is 4.75. The summed E-state index contributed by atoms with van der Waals surface area (Å²) in [7, 11) is 0. The topological polar surface area (TPSA) is 77.0 Å². The highest BCUT2D eigenvalue weighted by atomic mass is 19.3. The van der Waals surface area contributed by atoms with Crippen molar-refractivity contribution in [2.75, 3.05) is 13.2 Å².